The standard InChI is InChI=1S/C14H17ClO4S/c1-4-19-13(17)14(2,3)12(16)9-20(18)11-8-6-5-7-10(11)15/h5-8H,4,9H2,1-3H3. The summed E-state index contributed by atoms with van der Waals surface area (Å²) in [7, 11) is -1.58. The van der Waals surface area contributed by atoms with Gasteiger partial charge in [0.1, 0.15) is 5.41 Å². The Kier molecular flexibility index (Phi) is 5.89. The molecule has 0 radical (unpaired) electrons. The molecule has 0 bridgehead atoms. The van der Waals surface area contributed by atoms with E-state index in [0.717, 1.165) is 0 Å². The van der Waals surface area contributed by atoms with Crippen LogP contribution in [0.15, 0.2) is 29.2 Å². The Morgan fingerprint density at radius 3 is 2.45 bits per heavy atom. The third-order valence-corrected chi connectivity index (χ3v) is 4.64. The molecule has 1 atom stereocenters. The summed E-state index contributed by atoms with van der Waals surface area (Å²) < 4.78 is 17.0. The van der Waals surface area contributed by atoms with Gasteiger partial charge in [0.2, 0.25) is 0 Å². The molecule has 1 aromatic carbocycles. The predicted molar refractivity (Wildman–Crippen MR) is 78.1 cm³/mol. The van der Waals surface area contributed by atoms with Crippen LogP contribution in [-0.4, -0.2) is 28.3 Å². The summed E-state index contributed by atoms with van der Waals surface area (Å²) in [6.45, 7) is 4.80. The number of hydrogen-bond donors (Lipinski definition) is 0. The van der Waals surface area contributed by atoms with E-state index < -0.39 is 28.0 Å². The molecule has 110 valence electrons. The first-order chi connectivity index (χ1) is 9.30. The highest BCUT2D eigenvalue weighted by Crippen LogP contribution is 2.23. The second kappa shape index (κ2) is 6.99. The van der Waals surface area contributed by atoms with Gasteiger partial charge in [-0.1, -0.05) is 23.7 Å². The zero-order chi connectivity index (χ0) is 15.3. The molecule has 0 fully saturated rings. The van der Waals surface area contributed by atoms with Crippen molar-refractivity contribution in [3.8, 4) is 0 Å². The minimum Gasteiger partial charge on any atom is -0.465 e. The maximum atomic E-state index is 12.2. The monoisotopic (exact) mass is 316 g/mol. The summed E-state index contributed by atoms with van der Waals surface area (Å²) in [5.74, 6) is -1.31. The van der Waals surface area contributed by atoms with Gasteiger partial charge in [-0.3, -0.25) is 13.8 Å². The van der Waals surface area contributed by atoms with Gasteiger partial charge in [-0.2, -0.15) is 0 Å². The Labute approximate surface area is 125 Å². The topological polar surface area (TPSA) is 60.4 Å². The number of carbonyl (C=O) groups is 2. The fourth-order valence-corrected chi connectivity index (χ4v) is 3.10. The first-order valence-electron chi connectivity index (χ1n) is 6.14. The SMILES string of the molecule is CCOC(=O)C(C)(C)C(=O)CS(=O)c1ccccc1Cl. The van der Waals surface area contributed by atoms with Crippen LogP contribution in [0.2, 0.25) is 5.02 Å². The summed E-state index contributed by atoms with van der Waals surface area (Å²) in [5.41, 5.74) is -1.31. The summed E-state index contributed by atoms with van der Waals surface area (Å²) in [4.78, 5) is 24.3. The molecule has 1 rings (SSSR count). The molecule has 0 amide bonds. The van der Waals surface area contributed by atoms with E-state index in [4.69, 9.17) is 16.3 Å². The highest BCUT2D eigenvalue weighted by Gasteiger charge is 2.38. The van der Waals surface area contributed by atoms with Crippen LogP contribution in [-0.2, 0) is 25.1 Å². The Morgan fingerprint density at radius 2 is 1.90 bits per heavy atom. The quantitative estimate of drug-likeness (QED) is 0.598. The summed E-state index contributed by atoms with van der Waals surface area (Å²) >= 11 is 5.93. The number of ether oxygens (including phenoxy) is 1. The average molecular weight is 317 g/mol. The van der Waals surface area contributed by atoms with Gasteiger partial charge in [-0.05, 0) is 32.9 Å². The van der Waals surface area contributed by atoms with E-state index in [1.54, 1.807) is 31.2 Å². The Bertz CT molecular complexity index is 540. The minimum absolute atomic E-state index is 0.198. The second-order valence-corrected chi connectivity index (χ2v) is 6.52. The number of halogens is 1. The van der Waals surface area contributed by atoms with Crippen LogP contribution in [0.5, 0.6) is 0 Å². The van der Waals surface area contributed by atoms with Gasteiger partial charge in [-0.25, -0.2) is 0 Å². The van der Waals surface area contributed by atoms with Crippen LogP contribution >= 0.6 is 11.6 Å². The average Bonchev–Trinajstić information content (AvgIpc) is 2.39. The number of rotatable bonds is 6. The van der Waals surface area contributed by atoms with Crippen LogP contribution in [0.1, 0.15) is 20.8 Å². The normalized spacial score (nSPS) is 12.8. The molecule has 1 aromatic rings. The van der Waals surface area contributed by atoms with Crippen molar-refractivity contribution in [3.05, 3.63) is 29.3 Å². The molecule has 0 aliphatic rings. The van der Waals surface area contributed by atoms with Crippen molar-refractivity contribution < 1.29 is 18.5 Å². The predicted octanol–water partition coefficient (Wildman–Crippen LogP) is 2.61. The summed E-state index contributed by atoms with van der Waals surface area (Å²) in [6.07, 6.45) is 0. The Hall–Kier alpha value is -1.20. The van der Waals surface area contributed by atoms with Crippen LogP contribution in [0.3, 0.4) is 0 Å². The lowest BCUT2D eigenvalue weighted by atomic mass is 9.89. The summed E-state index contributed by atoms with van der Waals surface area (Å²) in [5, 5.41) is 0.340. The lowest BCUT2D eigenvalue weighted by Crippen LogP contribution is -2.38. The molecule has 0 aliphatic heterocycles. The van der Waals surface area contributed by atoms with Gasteiger partial charge >= 0.3 is 5.97 Å². The smallest absolute Gasteiger partial charge is 0.319 e. The van der Waals surface area contributed by atoms with Crippen molar-refractivity contribution in [2.45, 2.75) is 25.7 Å². The van der Waals surface area contributed by atoms with Gasteiger partial charge in [0.15, 0.2) is 5.78 Å². The molecule has 0 aliphatic carbocycles. The maximum absolute atomic E-state index is 12.2. The lowest BCUT2D eigenvalue weighted by Gasteiger charge is -2.20. The number of carbonyl (C=O) groups excluding carboxylic acids is 2. The van der Waals surface area contributed by atoms with E-state index in [0.29, 0.717) is 9.92 Å². The van der Waals surface area contributed by atoms with Crippen molar-refractivity contribution in [1.29, 1.82) is 0 Å². The first-order valence-corrected chi connectivity index (χ1v) is 7.83. The molecule has 0 N–H and O–H groups in total. The van der Waals surface area contributed by atoms with E-state index >= 15 is 0 Å². The lowest BCUT2D eigenvalue weighted by molar-refractivity contribution is -0.157. The minimum atomic E-state index is -1.58. The zero-order valence-electron chi connectivity index (χ0n) is 11.6. The number of hydrogen-bond acceptors (Lipinski definition) is 4. The number of Topliss-reactive ketones (excluding diaryl/α,β-unsaturated/α-hetero) is 1. The van der Waals surface area contributed by atoms with Crippen molar-refractivity contribution >= 4 is 34.2 Å². The van der Waals surface area contributed by atoms with E-state index in [-0.39, 0.29) is 12.4 Å². The van der Waals surface area contributed by atoms with Crippen molar-refractivity contribution in [2.75, 3.05) is 12.4 Å². The van der Waals surface area contributed by atoms with Crippen molar-refractivity contribution in [2.24, 2.45) is 5.41 Å². The van der Waals surface area contributed by atoms with Crippen molar-refractivity contribution in [3.63, 3.8) is 0 Å². The number of benzene rings is 1. The molecule has 6 heteroatoms. The fraction of sp³-hybridized carbons (Fsp3) is 0.429. The molecule has 1 unspecified atom stereocenters. The van der Waals surface area contributed by atoms with Crippen LogP contribution < -0.4 is 0 Å². The molecule has 0 aromatic heterocycles. The van der Waals surface area contributed by atoms with Gasteiger partial charge in [0.25, 0.3) is 0 Å². The van der Waals surface area contributed by atoms with Crippen molar-refractivity contribution in [1.82, 2.24) is 0 Å². The molecule has 4 nitrogen and oxygen atoms in total. The molecular formula is C14H17ClO4S. The van der Waals surface area contributed by atoms with Gasteiger partial charge in [-0.15, -0.1) is 0 Å². The molecule has 0 saturated heterocycles. The molecule has 0 heterocycles. The first kappa shape index (κ1) is 16.9. The zero-order valence-corrected chi connectivity index (χ0v) is 13.2. The van der Waals surface area contributed by atoms with E-state index in [1.807, 2.05) is 0 Å². The fourth-order valence-electron chi connectivity index (χ4n) is 1.43. The third kappa shape index (κ3) is 3.90. The van der Waals surface area contributed by atoms with Gasteiger partial charge in [0.05, 0.1) is 33.1 Å². The van der Waals surface area contributed by atoms with E-state index in [1.165, 1.54) is 13.8 Å². The maximum Gasteiger partial charge on any atom is 0.319 e. The molecule has 20 heavy (non-hydrogen) atoms. The van der Waals surface area contributed by atoms with E-state index in [9.17, 15) is 13.8 Å². The Morgan fingerprint density at radius 1 is 1.30 bits per heavy atom. The van der Waals surface area contributed by atoms with Crippen LogP contribution in [0.25, 0.3) is 0 Å². The second-order valence-electron chi connectivity index (χ2n) is 4.69. The largest absolute Gasteiger partial charge is 0.465 e. The molecule has 0 saturated carbocycles. The molecular weight excluding hydrogens is 300 g/mol. The van der Waals surface area contributed by atoms with Crippen LogP contribution in [0.4, 0.5) is 0 Å². The molecule has 0 spiro atoms. The van der Waals surface area contributed by atoms with E-state index in [2.05, 4.69) is 0 Å². The Balaban J connectivity index is 2.83. The van der Waals surface area contributed by atoms with Crippen LogP contribution in [0, 0.1) is 5.41 Å². The highest BCUT2D eigenvalue weighted by molar-refractivity contribution is 7.86. The summed E-state index contributed by atoms with van der Waals surface area (Å²) in [6, 6.07) is 6.62. The van der Waals surface area contributed by atoms with Gasteiger partial charge < -0.3 is 4.74 Å². The van der Waals surface area contributed by atoms with Gasteiger partial charge in [0, 0.05) is 0 Å². The third-order valence-electron chi connectivity index (χ3n) is 2.83. The highest BCUT2D eigenvalue weighted by atomic mass is 35.5. The number of ketones is 1. The number of esters is 1.